The minimum absolute atomic E-state index is 0.0849. The standard InChI is InChI=1S/C24H22ClFN6O/c1-28-20-8-6-15(11-18(20)26)23-30-21(24(33)31-10-2-3-16(27)13-31)22(25)32(23)17-7-9-19(29-12-17)14-4-5-14/h6-9,11-12,14,16H,2-5,10,13,27H2/t16-/m1/s1. The van der Waals surface area contributed by atoms with E-state index in [0.29, 0.717) is 36.1 Å². The Labute approximate surface area is 195 Å². The quantitative estimate of drug-likeness (QED) is 0.566. The van der Waals surface area contributed by atoms with Crippen molar-refractivity contribution < 1.29 is 9.18 Å². The second kappa shape index (κ2) is 8.58. The van der Waals surface area contributed by atoms with Gasteiger partial charge < -0.3 is 10.6 Å². The largest absolute Gasteiger partial charge is 0.336 e. The number of halogens is 2. The maximum atomic E-state index is 14.4. The number of imidazole rings is 1. The average Bonchev–Trinajstić information content (AvgIpc) is 3.61. The lowest BCUT2D eigenvalue weighted by molar-refractivity contribution is 0.0703. The zero-order valence-corrected chi connectivity index (χ0v) is 18.6. The molecule has 0 radical (unpaired) electrons. The van der Waals surface area contributed by atoms with Crippen LogP contribution in [0, 0.1) is 12.4 Å². The van der Waals surface area contributed by atoms with Gasteiger partial charge in [0.05, 0.1) is 18.5 Å². The van der Waals surface area contributed by atoms with Crippen molar-refractivity contribution in [3.8, 4) is 17.1 Å². The van der Waals surface area contributed by atoms with Gasteiger partial charge in [0.15, 0.2) is 5.69 Å². The van der Waals surface area contributed by atoms with Gasteiger partial charge in [-0.25, -0.2) is 14.2 Å². The number of piperidine rings is 1. The number of hydrogen-bond donors (Lipinski definition) is 1. The predicted octanol–water partition coefficient (Wildman–Crippen LogP) is 4.72. The van der Waals surface area contributed by atoms with Crippen LogP contribution in [0.2, 0.25) is 5.15 Å². The lowest BCUT2D eigenvalue weighted by atomic mass is 10.1. The average molecular weight is 465 g/mol. The summed E-state index contributed by atoms with van der Waals surface area (Å²) < 4.78 is 16.0. The summed E-state index contributed by atoms with van der Waals surface area (Å²) in [7, 11) is 0. The van der Waals surface area contributed by atoms with Crippen molar-refractivity contribution in [2.45, 2.75) is 37.6 Å². The summed E-state index contributed by atoms with van der Waals surface area (Å²) in [5.74, 6) is -0.172. The first-order valence-corrected chi connectivity index (χ1v) is 11.3. The summed E-state index contributed by atoms with van der Waals surface area (Å²) in [6.45, 7) is 8.11. The van der Waals surface area contributed by atoms with Gasteiger partial charge in [0.1, 0.15) is 16.8 Å². The predicted molar refractivity (Wildman–Crippen MR) is 123 cm³/mol. The molecule has 1 saturated heterocycles. The molecule has 2 aliphatic rings. The Hall–Kier alpha value is -3.28. The van der Waals surface area contributed by atoms with Crippen molar-refractivity contribution in [1.29, 1.82) is 0 Å². The summed E-state index contributed by atoms with van der Waals surface area (Å²) >= 11 is 6.73. The molecular weight excluding hydrogens is 443 g/mol. The summed E-state index contributed by atoms with van der Waals surface area (Å²) in [6.07, 6.45) is 5.63. The van der Waals surface area contributed by atoms with Crippen LogP contribution >= 0.6 is 11.6 Å². The molecule has 2 fully saturated rings. The molecule has 3 heterocycles. The van der Waals surface area contributed by atoms with E-state index in [-0.39, 0.29) is 28.5 Å². The maximum Gasteiger partial charge on any atom is 0.275 e. The number of carbonyl (C=O) groups is 1. The Morgan fingerprint density at radius 3 is 2.70 bits per heavy atom. The molecule has 0 bridgehead atoms. The molecule has 5 rings (SSSR count). The zero-order valence-electron chi connectivity index (χ0n) is 17.8. The van der Waals surface area contributed by atoms with Gasteiger partial charge in [-0.05, 0) is 43.9 Å². The molecule has 1 amide bonds. The van der Waals surface area contributed by atoms with E-state index in [0.717, 1.165) is 31.4 Å². The normalized spacial score (nSPS) is 18.2. The fourth-order valence-corrected chi connectivity index (χ4v) is 4.50. The number of aromatic nitrogens is 3. The van der Waals surface area contributed by atoms with E-state index in [2.05, 4.69) is 14.8 Å². The first-order chi connectivity index (χ1) is 16.0. The maximum absolute atomic E-state index is 14.4. The molecule has 7 nitrogen and oxygen atoms in total. The number of likely N-dealkylation sites (tertiary alicyclic amines) is 1. The molecule has 1 aliphatic heterocycles. The van der Waals surface area contributed by atoms with Crippen molar-refractivity contribution in [1.82, 2.24) is 19.4 Å². The summed E-state index contributed by atoms with van der Waals surface area (Å²) in [6, 6.07) is 7.97. The second-order valence-corrected chi connectivity index (χ2v) is 8.92. The van der Waals surface area contributed by atoms with E-state index >= 15 is 0 Å². The van der Waals surface area contributed by atoms with Crippen LogP contribution < -0.4 is 5.73 Å². The topological polar surface area (TPSA) is 81.4 Å². The van der Waals surface area contributed by atoms with Gasteiger partial charge in [0.25, 0.3) is 5.91 Å². The molecule has 3 aromatic rings. The van der Waals surface area contributed by atoms with Crippen LogP contribution in [0.3, 0.4) is 0 Å². The van der Waals surface area contributed by atoms with Gasteiger partial charge in [-0.15, -0.1) is 0 Å². The Balaban J connectivity index is 1.61. The fraction of sp³-hybridized carbons (Fsp3) is 0.333. The van der Waals surface area contributed by atoms with Gasteiger partial charge >= 0.3 is 0 Å². The molecule has 33 heavy (non-hydrogen) atoms. The number of carbonyl (C=O) groups excluding carboxylic acids is 1. The number of benzene rings is 1. The molecule has 2 aromatic heterocycles. The van der Waals surface area contributed by atoms with Gasteiger partial charge in [0.2, 0.25) is 5.69 Å². The Morgan fingerprint density at radius 1 is 1.24 bits per heavy atom. The minimum Gasteiger partial charge on any atom is -0.336 e. The van der Waals surface area contributed by atoms with Crippen molar-refractivity contribution in [2.75, 3.05) is 13.1 Å². The Bertz CT molecular complexity index is 1260. The zero-order chi connectivity index (χ0) is 23.1. The molecule has 0 spiro atoms. The van der Waals surface area contributed by atoms with Crippen molar-refractivity contribution in [3.05, 3.63) is 70.3 Å². The van der Waals surface area contributed by atoms with Crippen LogP contribution in [0.4, 0.5) is 10.1 Å². The fourth-order valence-electron chi connectivity index (χ4n) is 4.20. The van der Waals surface area contributed by atoms with Gasteiger partial charge in [-0.3, -0.25) is 14.3 Å². The van der Waals surface area contributed by atoms with E-state index in [1.165, 1.54) is 12.1 Å². The van der Waals surface area contributed by atoms with E-state index in [1.807, 2.05) is 12.1 Å². The van der Waals surface area contributed by atoms with E-state index < -0.39 is 5.82 Å². The van der Waals surface area contributed by atoms with E-state index in [9.17, 15) is 9.18 Å². The van der Waals surface area contributed by atoms with Crippen LogP contribution in [0.5, 0.6) is 0 Å². The number of nitrogens with zero attached hydrogens (tertiary/aromatic N) is 5. The summed E-state index contributed by atoms with van der Waals surface area (Å²) in [4.78, 5) is 27.2. The summed E-state index contributed by atoms with van der Waals surface area (Å²) in [5.41, 5.74) is 8.10. The molecule has 1 atom stereocenters. The SMILES string of the molecule is [C-]#[N+]c1ccc(-c2nc(C(=O)N3CCC[C@@H](N)C3)c(Cl)n2-c2ccc(C3CC3)nc2)cc1F. The van der Waals surface area contributed by atoms with Crippen LogP contribution in [0.1, 0.15) is 47.8 Å². The molecule has 168 valence electrons. The minimum atomic E-state index is -0.662. The van der Waals surface area contributed by atoms with Gasteiger partial charge in [-0.1, -0.05) is 23.7 Å². The first-order valence-electron chi connectivity index (χ1n) is 10.9. The Kier molecular flexibility index (Phi) is 5.60. The molecule has 1 aliphatic carbocycles. The molecule has 1 aromatic carbocycles. The molecule has 9 heteroatoms. The van der Waals surface area contributed by atoms with E-state index in [4.69, 9.17) is 23.9 Å². The lowest BCUT2D eigenvalue weighted by Gasteiger charge is -2.30. The third-order valence-corrected chi connectivity index (χ3v) is 6.47. The van der Waals surface area contributed by atoms with Crippen molar-refractivity contribution in [2.24, 2.45) is 5.73 Å². The monoisotopic (exact) mass is 464 g/mol. The third-order valence-electron chi connectivity index (χ3n) is 6.12. The molecule has 1 saturated carbocycles. The molecule has 0 unspecified atom stereocenters. The smallest absolute Gasteiger partial charge is 0.275 e. The third kappa shape index (κ3) is 4.10. The molecular formula is C24H22ClFN6O. The van der Waals surface area contributed by atoms with Crippen LogP contribution in [-0.4, -0.2) is 44.5 Å². The highest BCUT2D eigenvalue weighted by molar-refractivity contribution is 6.33. The van der Waals surface area contributed by atoms with Gasteiger partial charge in [0, 0.05) is 36.3 Å². The van der Waals surface area contributed by atoms with Crippen LogP contribution in [-0.2, 0) is 0 Å². The summed E-state index contributed by atoms with van der Waals surface area (Å²) in [5, 5.41) is 0.129. The highest BCUT2D eigenvalue weighted by Crippen LogP contribution is 2.39. The number of rotatable bonds is 4. The number of amides is 1. The second-order valence-electron chi connectivity index (χ2n) is 8.56. The van der Waals surface area contributed by atoms with Crippen LogP contribution in [0.25, 0.3) is 21.9 Å². The number of nitrogens with two attached hydrogens (primary N) is 1. The van der Waals surface area contributed by atoms with Crippen molar-refractivity contribution in [3.63, 3.8) is 0 Å². The highest BCUT2D eigenvalue weighted by atomic mass is 35.5. The van der Waals surface area contributed by atoms with Gasteiger partial charge in [-0.2, -0.15) is 0 Å². The first kappa shape index (κ1) is 21.6. The highest BCUT2D eigenvalue weighted by Gasteiger charge is 2.30. The molecule has 2 N–H and O–H groups in total. The number of pyridine rings is 1. The Morgan fingerprint density at radius 2 is 2.06 bits per heavy atom. The number of hydrogen-bond acceptors (Lipinski definition) is 4. The van der Waals surface area contributed by atoms with Crippen LogP contribution in [0.15, 0.2) is 36.5 Å². The van der Waals surface area contributed by atoms with E-state index in [1.54, 1.807) is 21.7 Å². The lowest BCUT2D eigenvalue weighted by Crippen LogP contribution is -2.45. The van der Waals surface area contributed by atoms with Crippen molar-refractivity contribution >= 4 is 23.2 Å².